The van der Waals surface area contributed by atoms with Crippen molar-refractivity contribution >= 4 is 21.6 Å². The van der Waals surface area contributed by atoms with E-state index in [2.05, 4.69) is 4.72 Å². The molecule has 0 spiro atoms. The first-order chi connectivity index (χ1) is 9.36. The zero-order valence-corrected chi connectivity index (χ0v) is 13.1. The smallest absolute Gasteiger partial charge is 0.241 e. The van der Waals surface area contributed by atoms with Crippen molar-refractivity contribution in [1.29, 1.82) is 0 Å². The van der Waals surface area contributed by atoms with Gasteiger partial charge in [-0.1, -0.05) is 30.9 Å². The second-order valence-corrected chi connectivity index (χ2v) is 7.73. The Morgan fingerprint density at radius 3 is 2.55 bits per heavy atom. The van der Waals surface area contributed by atoms with Crippen LogP contribution in [0.15, 0.2) is 23.1 Å². The maximum absolute atomic E-state index is 12.4. The number of aliphatic hydroxyl groups excluding tert-OH is 1. The van der Waals surface area contributed by atoms with E-state index in [1.165, 1.54) is 18.2 Å². The summed E-state index contributed by atoms with van der Waals surface area (Å²) in [5.41, 5.74) is 0.0409. The van der Waals surface area contributed by atoms with Crippen molar-refractivity contribution in [2.24, 2.45) is 0 Å². The molecule has 0 amide bonds. The van der Waals surface area contributed by atoms with Crippen LogP contribution in [0, 0.1) is 0 Å². The fraction of sp³-hybridized carbons (Fsp3) is 0.571. The van der Waals surface area contributed by atoms with Crippen molar-refractivity contribution in [3.8, 4) is 0 Å². The second-order valence-electron chi connectivity index (χ2n) is 5.64. The Labute approximate surface area is 125 Å². The van der Waals surface area contributed by atoms with Crippen molar-refractivity contribution < 1.29 is 13.5 Å². The number of hydrogen-bond acceptors (Lipinski definition) is 3. The van der Waals surface area contributed by atoms with E-state index in [-0.39, 0.29) is 17.0 Å². The lowest BCUT2D eigenvalue weighted by molar-refractivity contribution is 0.281. The van der Waals surface area contributed by atoms with E-state index in [9.17, 15) is 13.5 Å². The Hall–Kier alpha value is -0.620. The van der Waals surface area contributed by atoms with Crippen LogP contribution in [0.4, 0.5) is 0 Å². The number of rotatable bonds is 4. The molecule has 0 atom stereocenters. The number of aliphatic hydroxyl groups is 1. The first kappa shape index (κ1) is 15.8. The first-order valence-corrected chi connectivity index (χ1v) is 8.66. The van der Waals surface area contributed by atoms with Crippen molar-refractivity contribution in [1.82, 2.24) is 4.72 Å². The molecule has 0 radical (unpaired) electrons. The van der Waals surface area contributed by atoms with Gasteiger partial charge in [0.25, 0.3) is 0 Å². The summed E-state index contributed by atoms with van der Waals surface area (Å²) in [5.74, 6) is 0. The van der Waals surface area contributed by atoms with Gasteiger partial charge in [0.05, 0.1) is 11.5 Å². The zero-order chi connectivity index (χ0) is 14.8. The van der Waals surface area contributed by atoms with E-state index in [1.807, 2.05) is 6.92 Å². The topological polar surface area (TPSA) is 66.4 Å². The number of benzene rings is 1. The molecule has 2 N–H and O–H groups in total. The van der Waals surface area contributed by atoms with Gasteiger partial charge in [0.2, 0.25) is 10.0 Å². The highest BCUT2D eigenvalue weighted by Gasteiger charge is 2.32. The lowest BCUT2D eigenvalue weighted by Gasteiger charge is -2.34. The molecule has 1 aliphatic rings. The molecule has 0 unspecified atom stereocenters. The van der Waals surface area contributed by atoms with Crippen LogP contribution < -0.4 is 4.72 Å². The SMILES string of the molecule is CC1(NS(=O)(=O)c2ccc(Cl)c(CO)c2)CCCCC1. The van der Waals surface area contributed by atoms with Crippen LogP contribution in [0.5, 0.6) is 0 Å². The van der Waals surface area contributed by atoms with Crippen LogP contribution in [-0.4, -0.2) is 19.1 Å². The third-order valence-corrected chi connectivity index (χ3v) is 5.84. The minimum atomic E-state index is -3.59. The minimum absolute atomic E-state index is 0.151. The van der Waals surface area contributed by atoms with Gasteiger partial charge in [0.1, 0.15) is 0 Å². The van der Waals surface area contributed by atoms with E-state index in [0.29, 0.717) is 10.6 Å². The second kappa shape index (κ2) is 6.02. The van der Waals surface area contributed by atoms with Crippen molar-refractivity contribution in [3.63, 3.8) is 0 Å². The molecule has 6 heteroatoms. The molecular formula is C14H20ClNO3S. The third kappa shape index (κ3) is 3.52. The highest BCUT2D eigenvalue weighted by atomic mass is 35.5. The standard InChI is InChI=1S/C14H20ClNO3S/c1-14(7-3-2-4-8-14)16-20(18,19)12-5-6-13(15)11(9-12)10-17/h5-6,9,16-17H,2-4,7-8,10H2,1H3. The molecule has 0 heterocycles. The molecule has 1 aromatic rings. The predicted octanol–water partition coefficient (Wildman–Crippen LogP) is 2.83. The van der Waals surface area contributed by atoms with Gasteiger partial charge in [0.15, 0.2) is 0 Å². The van der Waals surface area contributed by atoms with Crippen molar-refractivity contribution in [2.45, 2.75) is 56.1 Å². The monoisotopic (exact) mass is 317 g/mol. The normalized spacial score (nSPS) is 18.9. The molecule has 20 heavy (non-hydrogen) atoms. The Kier molecular flexibility index (Phi) is 4.74. The molecule has 0 bridgehead atoms. The lowest BCUT2D eigenvalue weighted by atomic mass is 9.84. The van der Waals surface area contributed by atoms with Gasteiger partial charge in [0, 0.05) is 10.6 Å². The van der Waals surface area contributed by atoms with Gasteiger partial charge in [-0.05, 0) is 43.5 Å². The largest absolute Gasteiger partial charge is 0.392 e. The molecule has 2 rings (SSSR count). The number of halogens is 1. The van der Waals surface area contributed by atoms with Crippen LogP contribution in [0.3, 0.4) is 0 Å². The zero-order valence-electron chi connectivity index (χ0n) is 11.5. The van der Waals surface area contributed by atoms with Gasteiger partial charge in [-0.15, -0.1) is 0 Å². The van der Waals surface area contributed by atoms with Crippen LogP contribution in [0.2, 0.25) is 5.02 Å². The minimum Gasteiger partial charge on any atom is -0.392 e. The predicted molar refractivity (Wildman–Crippen MR) is 79.2 cm³/mol. The third-order valence-electron chi connectivity index (χ3n) is 3.84. The van der Waals surface area contributed by atoms with Gasteiger partial charge in [-0.3, -0.25) is 0 Å². The molecule has 0 aliphatic heterocycles. The molecular weight excluding hydrogens is 298 g/mol. The van der Waals surface area contributed by atoms with E-state index in [1.54, 1.807) is 0 Å². The average molecular weight is 318 g/mol. The summed E-state index contributed by atoms with van der Waals surface area (Å²) < 4.78 is 27.7. The van der Waals surface area contributed by atoms with E-state index < -0.39 is 10.0 Å². The Balaban J connectivity index is 2.26. The van der Waals surface area contributed by atoms with Gasteiger partial charge in [-0.25, -0.2) is 13.1 Å². The maximum atomic E-state index is 12.4. The summed E-state index contributed by atoms with van der Waals surface area (Å²) in [5, 5.41) is 9.55. The quantitative estimate of drug-likeness (QED) is 0.897. The lowest BCUT2D eigenvalue weighted by Crippen LogP contribution is -2.47. The Bertz CT molecular complexity index is 580. The summed E-state index contributed by atoms with van der Waals surface area (Å²) >= 11 is 5.89. The highest BCUT2D eigenvalue weighted by molar-refractivity contribution is 7.89. The first-order valence-electron chi connectivity index (χ1n) is 6.80. The number of nitrogens with one attached hydrogen (secondary N) is 1. The van der Waals surface area contributed by atoms with Gasteiger partial charge < -0.3 is 5.11 Å². The van der Waals surface area contributed by atoms with E-state index in [4.69, 9.17) is 11.6 Å². The highest BCUT2D eigenvalue weighted by Crippen LogP contribution is 2.30. The summed E-state index contributed by atoms with van der Waals surface area (Å²) in [4.78, 5) is 0.151. The fourth-order valence-electron chi connectivity index (χ4n) is 2.66. The van der Waals surface area contributed by atoms with Crippen LogP contribution in [0.1, 0.15) is 44.6 Å². The Morgan fingerprint density at radius 2 is 1.95 bits per heavy atom. The van der Waals surface area contributed by atoms with Crippen molar-refractivity contribution in [2.75, 3.05) is 0 Å². The average Bonchev–Trinajstić information content (AvgIpc) is 2.38. The molecule has 1 aliphatic carbocycles. The van der Waals surface area contributed by atoms with E-state index in [0.717, 1.165) is 32.1 Å². The molecule has 1 aromatic carbocycles. The maximum Gasteiger partial charge on any atom is 0.241 e. The summed E-state index contributed by atoms with van der Waals surface area (Å²) in [7, 11) is -3.59. The van der Waals surface area contributed by atoms with Gasteiger partial charge >= 0.3 is 0 Å². The summed E-state index contributed by atoms with van der Waals surface area (Å²) in [6.45, 7) is 1.67. The van der Waals surface area contributed by atoms with Gasteiger partial charge in [-0.2, -0.15) is 0 Å². The molecule has 112 valence electrons. The molecule has 0 aromatic heterocycles. The number of sulfonamides is 1. The Morgan fingerprint density at radius 1 is 1.30 bits per heavy atom. The van der Waals surface area contributed by atoms with E-state index >= 15 is 0 Å². The van der Waals surface area contributed by atoms with Crippen LogP contribution in [0.25, 0.3) is 0 Å². The number of hydrogen-bond donors (Lipinski definition) is 2. The summed E-state index contributed by atoms with van der Waals surface area (Å²) in [6.07, 6.45) is 4.95. The molecule has 0 saturated heterocycles. The van der Waals surface area contributed by atoms with Crippen LogP contribution in [-0.2, 0) is 16.6 Å². The molecule has 1 fully saturated rings. The summed E-state index contributed by atoms with van der Waals surface area (Å²) in [6, 6.07) is 4.40. The molecule has 1 saturated carbocycles. The van der Waals surface area contributed by atoms with Crippen molar-refractivity contribution in [3.05, 3.63) is 28.8 Å². The fourth-order valence-corrected chi connectivity index (χ4v) is 4.35. The molecule has 4 nitrogen and oxygen atoms in total. The van der Waals surface area contributed by atoms with Crippen LogP contribution >= 0.6 is 11.6 Å².